The minimum absolute atomic E-state index is 0.112. The van der Waals surface area contributed by atoms with Crippen LogP contribution in [0.3, 0.4) is 0 Å². The third-order valence-electron chi connectivity index (χ3n) is 12.3. The second kappa shape index (κ2) is 44.9. The highest BCUT2D eigenvalue weighted by molar-refractivity contribution is 5.69. The summed E-state index contributed by atoms with van der Waals surface area (Å²) in [5, 5.41) is 40.3. The van der Waals surface area contributed by atoms with Gasteiger partial charge in [-0.25, -0.2) is 0 Å². The van der Waals surface area contributed by atoms with Crippen LogP contribution in [0, 0.1) is 0 Å². The molecule has 9 heteroatoms. The van der Waals surface area contributed by atoms with Gasteiger partial charge in [0.25, 0.3) is 0 Å². The minimum Gasteiger partial charge on any atom is -0.457 e. The molecule has 1 aliphatic heterocycles. The lowest BCUT2D eigenvalue weighted by Gasteiger charge is -2.39. The van der Waals surface area contributed by atoms with Gasteiger partial charge in [0.15, 0.2) is 6.29 Å². The molecule has 9 nitrogen and oxygen atoms in total. The number of unbranched alkanes of at least 4 members (excludes halogenated alkanes) is 31. The Morgan fingerprint density at radius 3 is 1.31 bits per heavy atom. The number of rotatable bonds is 46. The Kier molecular flexibility index (Phi) is 42.5. The number of aliphatic hydroxyl groups excluding tert-OH is 4. The van der Waals surface area contributed by atoms with Crippen LogP contribution in [-0.4, -0.2) is 89.6 Å². The predicted octanol–water partition coefficient (Wildman–Crippen LogP) is 12.9. The predicted molar refractivity (Wildman–Crippen MR) is 256 cm³/mol. The van der Waals surface area contributed by atoms with Gasteiger partial charge in [0.2, 0.25) is 0 Å². The van der Waals surface area contributed by atoms with E-state index in [1.54, 1.807) is 0 Å². The third kappa shape index (κ3) is 35.0. The number of carbonyl (C=O) groups excluding carboxylic acids is 1. The van der Waals surface area contributed by atoms with Crippen LogP contribution in [0.25, 0.3) is 0 Å². The zero-order chi connectivity index (χ0) is 45.0. The fraction of sp³-hybridized carbons (Fsp3) is 0.906. The van der Waals surface area contributed by atoms with Crippen molar-refractivity contribution in [2.24, 2.45) is 0 Å². The van der Waals surface area contributed by atoms with E-state index in [9.17, 15) is 25.2 Å². The number of hydrogen-bond donors (Lipinski definition) is 4. The number of allylic oxidation sites excluding steroid dienone is 4. The number of carbonyl (C=O) groups is 1. The van der Waals surface area contributed by atoms with E-state index in [4.69, 9.17) is 18.9 Å². The Balaban J connectivity index is 2.19. The summed E-state index contributed by atoms with van der Waals surface area (Å²) >= 11 is 0. The molecule has 0 aromatic rings. The average Bonchev–Trinajstić information content (AvgIpc) is 3.27. The van der Waals surface area contributed by atoms with Crippen LogP contribution in [0.5, 0.6) is 0 Å². The number of aliphatic hydroxyl groups is 4. The molecule has 0 aromatic carbocycles. The van der Waals surface area contributed by atoms with Gasteiger partial charge in [-0.1, -0.05) is 199 Å². The smallest absolute Gasteiger partial charge is 0.306 e. The Labute approximate surface area is 381 Å². The van der Waals surface area contributed by atoms with Crippen molar-refractivity contribution in [2.75, 3.05) is 26.4 Å². The maximum absolute atomic E-state index is 12.8. The lowest BCUT2D eigenvalue weighted by molar-refractivity contribution is -0.305. The van der Waals surface area contributed by atoms with Crippen molar-refractivity contribution in [3.05, 3.63) is 24.3 Å². The molecular formula is C53H100O9. The molecule has 62 heavy (non-hydrogen) atoms. The van der Waals surface area contributed by atoms with Gasteiger partial charge in [0, 0.05) is 13.0 Å². The molecule has 1 aliphatic rings. The van der Waals surface area contributed by atoms with Crippen LogP contribution in [0.2, 0.25) is 0 Å². The lowest BCUT2D eigenvalue weighted by atomic mass is 9.99. The van der Waals surface area contributed by atoms with Crippen molar-refractivity contribution in [3.8, 4) is 0 Å². The van der Waals surface area contributed by atoms with Crippen LogP contribution >= 0.6 is 0 Å². The molecule has 1 heterocycles. The van der Waals surface area contributed by atoms with Gasteiger partial charge in [0.05, 0.1) is 19.8 Å². The van der Waals surface area contributed by atoms with Gasteiger partial charge < -0.3 is 39.4 Å². The molecule has 6 unspecified atom stereocenters. The highest BCUT2D eigenvalue weighted by Gasteiger charge is 2.44. The van der Waals surface area contributed by atoms with Gasteiger partial charge in [-0.15, -0.1) is 0 Å². The molecule has 0 saturated carbocycles. The Morgan fingerprint density at radius 2 is 0.887 bits per heavy atom. The molecule has 4 N–H and O–H groups in total. The van der Waals surface area contributed by atoms with E-state index in [0.29, 0.717) is 13.0 Å². The first-order chi connectivity index (χ1) is 30.4. The molecule has 1 saturated heterocycles. The fourth-order valence-electron chi connectivity index (χ4n) is 8.19. The summed E-state index contributed by atoms with van der Waals surface area (Å²) in [5.74, 6) is -0.313. The zero-order valence-electron chi connectivity index (χ0n) is 40.4. The number of hydrogen-bond acceptors (Lipinski definition) is 9. The first-order valence-corrected chi connectivity index (χ1v) is 26.4. The van der Waals surface area contributed by atoms with E-state index in [0.717, 1.165) is 32.1 Å². The SMILES string of the molecule is CCCCCCCC/C=C\CCCCCCCCCCOCC(COC1OC(CO)C(O)C(O)C1O)OC(=O)CCCCCCCCCCC/C=C\CCCCCCCCCC. The number of esters is 1. The third-order valence-corrected chi connectivity index (χ3v) is 12.3. The molecule has 1 fully saturated rings. The summed E-state index contributed by atoms with van der Waals surface area (Å²) in [6, 6.07) is 0. The second-order valence-corrected chi connectivity index (χ2v) is 18.3. The molecule has 0 amide bonds. The molecule has 0 spiro atoms. The van der Waals surface area contributed by atoms with Gasteiger partial charge in [0.1, 0.15) is 30.5 Å². The van der Waals surface area contributed by atoms with Crippen molar-refractivity contribution in [1.82, 2.24) is 0 Å². The zero-order valence-corrected chi connectivity index (χ0v) is 40.4. The van der Waals surface area contributed by atoms with E-state index in [-0.39, 0.29) is 19.2 Å². The van der Waals surface area contributed by atoms with Crippen LogP contribution in [0.1, 0.15) is 245 Å². The van der Waals surface area contributed by atoms with Crippen molar-refractivity contribution in [3.63, 3.8) is 0 Å². The van der Waals surface area contributed by atoms with Crippen LogP contribution in [0.15, 0.2) is 24.3 Å². The van der Waals surface area contributed by atoms with Crippen LogP contribution < -0.4 is 0 Å². The highest BCUT2D eigenvalue weighted by Crippen LogP contribution is 2.23. The molecule has 1 rings (SSSR count). The standard InChI is InChI=1S/C53H100O9/c1-3-5-7-9-11-13-15-17-19-21-23-24-25-26-28-30-32-34-36-38-40-42-49(55)61-47(46-60-53-52(58)51(57)50(56)48(44-54)62-53)45-59-43-41-39-37-35-33-31-29-27-22-20-18-16-14-12-10-8-6-4-2/h18,20-21,23,47-48,50-54,56-58H,3-17,19,22,24-46H2,1-2H3/b20-18-,23-21-. The van der Waals surface area contributed by atoms with E-state index in [1.807, 2.05) is 0 Å². The Hall–Kier alpha value is -1.33. The van der Waals surface area contributed by atoms with Gasteiger partial charge in [-0.3, -0.25) is 4.79 Å². The van der Waals surface area contributed by atoms with E-state index >= 15 is 0 Å². The fourth-order valence-corrected chi connectivity index (χ4v) is 8.19. The highest BCUT2D eigenvalue weighted by atomic mass is 16.7. The van der Waals surface area contributed by atoms with Crippen molar-refractivity contribution >= 4 is 5.97 Å². The summed E-state index contributed by atoms with van der Waals surface area (Å²) in [7, 11) is 0. The Bertz CT molecular complexity index is 1000. The van der Waals surface area contributed by atoms with Gasteiger partial charge in [-0.05, 0) is 64.2 Å². The summed E-state index contributed by atoms with van der Waals surface area (Å²) in [6.45, 7) is 4.59. The maximum Gasteiger partial charge on any atom is 0.306 e. The molecule has 0 radical (unpaired) electrons. The van der Waals surface area contributed by atoms with Gasteiger partial charge >= 0.3 is 5.97 Å². The molecule has 0 aromatic heterocycles. The quantitative estimate of drug-likeness (QED) is 0.0268. The maximum atomic E-state index is 12.8. The number of ether oxygens (including phenoxy) is 4. The van der Waals surface area contributed by atoms with Crippen molar-refractivity contribution in [2.45, 2.75) is 282 Å². The van der Waals surface area contributed by atoms with Crippen molar-refractivity contribution in [1.29, 1.82) is 0 Å². The summed E-state index contributed by atoms with van der Waals surface area (Å²) in [5.41, 5.74) is 0. The monoisotopic (exact) mass is 881 g/mol. The summed E-state index contributed by atoms with van der Waals surface area (Å²) in [4.78, 5) is 12.8. The largest absolute Gasteiger partial charge is 0.457 e. The summed E-state index contributed by atoms with van der Waals surface area (Å²) < 4.78 is 22.9. The van der Waals surface area contributed by atoms with E-state index in [1.165, 1.54) is 193 Å². The van der Waals surface area contributed by atoms with Crippen molar-refractivity contribution < 1.29 is 44.2 Å². The second-order valence-electron chi connectivity index (χ2n) is 18.3. The lowest BCUT2D eigenvalue weighted by Crippen LogP contribution is -2.59. The molecule has 0 aliphatic carbocycles. The first-order valence-electron chi connectivity index (χ1n) is 26.4. The normalized spacial score (nSPS) is 19.9. The Morgan fingerprint density at radius 1 is 0.500 bits per heavy atom. The minimum atomic E-state index is -1.54. The molecule has 6 atom stereocenters. The molecular weight excluding hydrogens is 781 g/mol. The summed E-state index contributed by atoms with van der Waals surface area (Å²) in [6.07, 6.45) is 46.4. The van der Waals surface area contributed by atoms with Crippen LogP contribution in [-0.2, 0) is 23.7 Å². The molecule has 366 valence electrons. The average molecular weight is 881 g/mol. The van der Waals surface area contributed by atoms with E-state index < -0.39 is 43.4 Å². The first kappa shape index (κ1) is 58.7. The molecule has 0 bridgehead atoms. The van der Waals surface area contributed by atoms with E-state index in [2.05, 4.69) is 38.2 Å². The topological polar surface area (TPSA) is 135 Å². The van der Waals surface area contributed by atoms with Gasteiger partial charge in [-0.2, -0.15) is 0 Å². The van der Waals surface area contributed by atoms with Crippen LogP contribution in [0.4, 0.5) is 0 Å².